The van der Waals surface area contributed by atoms with Gasteiger partial charge in [0.1, 0.15) is 24.7 Å². The minimum Gasteiger partial charge on any atom is -0.486 e. The highest BCUT2D eigenvalue weighted by Gasteiger charge is 2.16. The monoisotopic (exact) mass is 429 g/mol. The lowest BCUT2D eigenvalue weighted by atomic mass is 10.1. The number of imidazole rings is 1. The third-order valence-electron chi connectivity index (χ3n) is 5.08. The second kappa shape index (κ2) is 9.34. The quantitative estimate of drug-likeness (QED) is 0.442. The second-order valence-corrected chi connectivity index (χ2v) is 7.27. The van der Waals surface area contributed by atoms with Crippen molar-refractivity contribution in [1.29, 1.82) is 0 Å². The van der Waals surface area contributed by atoms with Gasteiger partial charge in [0.2, 0.25) is 5.91 Å². The summed E-state index contributed by atoms with van der Waals surface area (Å²) in [5, 5.41) is 2.90. The van der Waals surface area contributed by atoms with Gasteiger partial charge >= 0.3 is 5.97 Å². The van der Waals surface area contributed by atoms with Crippen molar-refractivity contribution in [2.75, 3.05) is 12.4 Å². The normalized spacial score (nSPS) is 10.7. The molecule has 0 unspecified atom stereocenters. The molecule has 1 heterocycles. The van der Waals surface area contributed by atoms with Crippen LogP contribution in [0.15, 0.2) is 72.8 Å². The fraction of sp³-hybridized carbons (Fsp3) is 0.160. The average Bonchev–Trinajstić information content (AvgIpc) is 3.16. The Morgan fingerprint density at radius 3 is 2.53 bits per heavy atom. The van der Waals surface area contributed by atoms with E-state index in [9.17, 15) is 9.59 Å². The molecule has 7 heteroatoms. The van der Waals surface area contributed by atoms with Crippen molar-refractivity contribution in [3.05, 3.63) is 89.7 Å². The second-order valence-electron chi connectivity index (χ2n) is 7.27. The molecule has 0 atom stereocenters. The third kappa shape index (κ3) is 4.62. The Morgan fingerprint density at radius 2 is 1.75 bits per heavy atom. The van der Waals surface area contributed by atoms with Crippen LogP contribution in [0.4, 0.5) is 5.69 Å². The first-order chi connectivity index (χ1) is 15.5. The molecule has 1 aromatic heterocycles. The van der Waals surface area contributed by atoms with Gasteiger partial charge in [-0.25, -0.2) is 9.78 Å². The summed E-state index contributed by atoms with van der Waals surface area (Å²) in [7, 11) is 1.32. The van der Waals surface area contributed by atoms with E-state index in [4.69, 9.17) is 9.47 Å². The van der Waals surface area contributed by atoms with Crippen LogP contribution in [0, 0.1) is 6.92 Å². The lowest BCUT2D eigenvalue weighted by molar-refractivity contribution is -0.116. The van der Waals surface area contributed by atoms with Crippen LogP contribution in [0.3, 0.4) is 0 Å². The molecule has 0 spiro atoms. The maximum Gasteiger partial charge on any atom is 0.337 e. The number of nitrogens with zero attached hydrogens (tertiary/aromatic N) is 2. The van der Waals surface area contributed by atoms with Gasteiger partial charge in [0.15, 0.2) is 0 Å². The van der Waals surface area contributed by atoms with Gasteiger partial charge < -0.3 is 19.4 Å². The van der Waals surface area contributed by atoms with E-state index in [1.54, 1.807) is 18.2 Å². The Morgan fingerprint density at radius 1 is 1.00 bits per heavy atom. The summed E-state index contributed by atoms with van der Waals surface area (Å²) in [5.41, 5.74) is 3.40. The van der Waals surface area contributed by atoms with E-state index in [1.165, 1.54) is 7.11 Å². The molecule has 0 bridgehead atoms. The highest BCUT2D eigenvalue weighted by atomic mass is 16.5. The first-order valence-corrected chi connectivity index (χ1v) is 10.2. The number of carbonyl (C=O) groups excluding carboxylic acids is 2. The molecule has 0 fully saturated rings. The molecular weight excluding hydrogens is 406 g/mol. The van der Waals surface area contributed by atoms with Gasteiger partial charge in [-0.2, -0.15) is 0 Å². The van der Waals surface area contributed by atoms with Gasteiger partial charge in [-0.15, -0.1) is 0 Å². The first-order valence-electron chi connectivity index (χ1n) is 10.2. The molecule has 162 valence electrons. The van der Waals surface area contributed by atoms with Crippen molar-refractivity contribution in [3.8, 4) is 5.75 Å². The maximum atomic E-state index is 12.9. The molecule has 4 rings (SSSR count). The fourth-order valence-corrected chi connectivity index (χ4v) is 3.41. The van der Waals surface area contributed by atoms with E-state index in [2.05, 4.69) is 10.3 Å². The number of ether oxygens (including phenoxy) is 2. The summed E-state index contributed by atoms with van der Waals surface area (Å²) >= 11 is 0. The first kappa shape index (κ1) is 21.1. The number of hydrogen-bond acceptors (Lipinski definition) is 5. The minimum atomic E-state index is -0.457. The topological polar surface area (TPSA) is 82.5 Å². The molecule has 3 aromatic carbocycles. The Hall–Kier alpha value is -4.13. The fourth-order valence-electron chi connectivity index (χ4n) is 3.41. The van der Waals surface area contributed by atoms with E-state index in [0.29, 0.717) is 17.1 Å². The van der Waals surface area contributed by atoms with Crippen LogP contribution in [0.1, 0.15) is 21.7 Å². The number of hydrogen-bond donors (Lipinski definition) is 1. The zero-order valence-corrected chi connectivity index (χ0v) is 17.9. The van der Waals surface area contributed by atoms with Gasteiger partial charge in [-0.1, -0.05) is 36.4 Å². The van der Waals surface area contributed by atoms with Crippen molar-refractivity contribution in [1.82, 2.24) is 9.55 Å². The third-order valence-corrected chi connectivity index (χ3v) is 5.08. The average molecular weight is 429 g/mol. The number of rotatable bonds is 7. The Labute approximate surface area is 185 Å². The molecule has 1 amide bonds. The van der Waals surface area contributed by atoms with Crippen molar-refractivity contribution in [2.24, 2.45) is 0 Å². The lowest BCUT2D eigenvalue weighted by Gasteiger charge is -2.13. The van der Waals surface area contributed by atoms with Crippen molar-refractivity contribution < 1.29 is 19.1 Å². The summed E-state index contributed by atoms with van der Waals surface area (Å²) in [4.78, 5) is 29.4. The predicted molar refractivity (Wildman–Crippen MR) is 122 cm³/mol. The number of aryl methyl sites for hydroxylation is 1. The number of methoxy groups -OCH3 is 1. The number of anilines is 1. The van der Waals surface area contributed by atoms with E-state index >= 15 is 0 Å². The van der Waals surface area contributed by atoms with Gasteiger partial charge in [-0.05, 0) is 48.9 Å². The molecule has 7 nitrogen and oxygen atoms in total. The highest BCUT2D eigenvalue weighted by molar-refractivity contribution is 5.95. The number of aromatic nitrogens is 2. The zero-order chi connectivity index (χ0) is 22.5. The Balaban J connectivity index is 1.57. The number of fused-ring (bicyclic) bond motifs is 1. The minimum absolute atomic E-state index is 0.0515. The number of carbonyl (C=O) groups is 2. The summed E-state index contributed by atoms with van der Waals surface area (Å²) in [6, 6.07) is 22.2. The van der Waals surface area contributed by atoms with E-state index in [-0.39, 0.29) is 19.1 Å². The zero-order valence-electron chi connectivity index (χ0n) is 17.9. The van der Waals surface area contributed by atoms with Gasteiger partial charge in [-0.3, -0.25) is 4.79 Å². The van der Waals surface area contributed by atoms with Crippen molar-refractivity contribution >= 4 is 28.6 Å². The van der Waals surface area contributed by atoms with Crippen LogP contribution < -0.4 is 10.1 Å². The van der Waals surface area contributed by atoms with E-state index in [0.717, 1.165) is 22.3 Å². The molecule has 0 radical (unpaired) electrons. The van der Waals surface area contributed by atoms with Crippen LogP contribution in [-0.2, 0) is 22.7 Å². The van der Waals surface area contributed by atoms with Crippen LogP contribution in [0.2, 0.25) is 0 Å². The molecule has 1 N–H and O–H groups in total. The number of amides is 1. The smallest absolute Gasteiger partial charge is 0.337 e. The van der Waals surface area contributed by atoms with Crippen molar-refractivity contribution in [2.45, 2.75) is 20.1 Å². The molecular formula is C25H23N3O4. The maximum absolute atomic E-state index is 12.9. The van der Waals surface area contributed by atoms with Crippen LogP contribution in [0.25, 0.3) is 11.0 Å². The summed E-state index contributed by atoms with van der Waals surface area (Å²) in [6.45, 7) is 2.14. The molecule has 4 aromatic rings. The van der Waals surface area contributed by atoms with Crippen molar-refractivity contribution in [3.63, 3.8) is 0 Å². The molecule has 0 saturated heterocycles. The standard InChI is InChI=1S/C25H23N3O4/c1-17-12-13-18(25(30)31-2)14-21(17)27-24(29)15-28-22-11-7-6-10-20(22)26-23(28)16-32-19-8-4-3-5-9-19/h3-14H,15-16H2,1-2H3,(H,27,29). The number of esters is 1. The SMILES string of the molecule is COC(=O)c1ccc(C)c(NC(=O)Cn2c(COc3ccccc3)nc3ccccc32)c1. The number of benzene rings is 3. The van der Waals surface area contributed by atoms with Gasteiger partial charge in [0, 0.05) is 5.69 Å². The predicted octanol–water partition coefficient (Wildman–Crippen LogP) is 4.35. The molecule has 0 aliphatic carbocycles. The Bertz CT molecular complexity index is 1260. The molecule has 0 aliphatic heterocycles. The van der Waals surface area contributed by atoms with E-state index < -0.39 is 5.97 Å². The molecule has 32 heavy (non-hydrogen) atoms. The van der Waals surface area contributed by atoms with Gasteiger partial charge in [0.05, 0.1) is 23.7 Å². The summed E-state index contributed by atoms with van der Waals surface area (Å²) in [5.74, 6) is 0.678. The number of nitrogens with one attached hydrogen (secondary N) is 1. The summed E-state index contributed by atoms with van der Waals surface area (Å²) < 4.78 is 12.5. The summed E-state index contributed by atoms with van der Waals surface area (Å²) in [6.07, 6.45) is 0. The van der Waals surface area contributed by atoms with Crippen LogP contribution in [0.5, 0.6) is 5.75 Å². The highest BCUT2D eigenvalue weighted by Crippen LogP contribution is 2.20. The largest absolute Gasteiger partial charge is 0.486 e. The lowest BCUT2D eigenvalue weighted by Crippen LogP contribution is -2.21. The molecule has 0 saturated carbocycles. The Kier molecular flexibility index (Phi) is 6.17. The van der Waals surface area contributed by atoms with Crippen LogP contribution in [-0.4, -0.2) is 28.5 Å². The molecule has 0 aliphatic rings. The van der Waals surface area contributed by atoms with Crippen LogP contribution >= 0.6 is 0 Å². The van der Waals surface area contributed by atoms with E-state index in [1.807, 2.05) is 66.1 Å². The van der Waals surface area contributed by atoms with Gasteiger partial charge in [0.25, 0.3) is 0 Å². The number of para-hydroxylation sites is 3.